The summed E-state index contributed by atoms with van der Waals surface area (Å²) in [5.41, 5.74) is 3.58. The maximum atomic E-state index is 10.7. The van der Waals surface area contributed by atoms with Crippen molar-refractivity contribution in [2.24, 2.45) is 5.18 Å². The molecule has 1 heterocycles. The lowest BCUT2D eigenvalue weighted by Crippen LogP contribution is -2.00. The predicted molar refractivity (Wildman–Crippen MR) is 105 cm³/mol. The largest absolute Gasteiger partial charge is 0.493 e. The van der Waals surface area contributed by atoms with Crippen molar-refractivity contribution in [3.63, 3.8) is 0 Å². The Hall–Kier alpha value is -3.13. The van der Waals surface area contributed by atoms with E-state index in [0.717, 1.165) is 22.4 Å². The zero-order chi connectivity index (χ0) is 19.4. The highest BCUT2D eigenvalue weighted by Gasteiger charge is 2.25. The van der Waals surface area contributed by atoms with Crippen molar-refractivity contribution in [1.82, 2.24) is 4.37 Å². The van der Waals surface area contributed by atoms with Gasteiger partial charge in [0.05, 0.1) is 34.1 Å². The maximum absolute atomic E-state index is 10.7. The van der Waals surface area contributed by atoms with Gasteiger partial charge in [0, 0.05) is 22.1 Å². The molecule has 2 aromatic carbocycles. The van der Waals surface area contributed by atoms with Crippen molar-refractivity contribution in [3.8, 4) is 45.4 Å². The first-order valence-corrected chi connectivity index (χ1v) is 8.77. The van der Waals surface area contributed by atoms with Gasteiger partial charge in [0.2, 0.25) is 11.5 Å². The Morgan fingerprint density at radius 2 is 1.52 bits per heavy atom. The molecule has 0 aliphatic rings. The van der Waals surface area contributed by atoms with E-state index in [4.69, 9.17) is 18.9 Å². The highest BCUT2D eigenvalue weighted by Crippen LogP contribution is 2.51. The lowest BCUT2D eigenvalue weighted by atomic mass is 9.99. The van der Waals surface area contributed by atoms with Crippen molar-refractivity contribution in [2.45, 2.75) is 0 Å². The van der Waals surface area contributed by atoms with E-state index in [-0.39, 0.29) is 0 Å². The first-order chi connectivity index (χ1) is 13.2. The predicted octanol–water partition coefficient (Wildman–Crippen LogP) is 4.91. The molecular weight excluding hydrogens is 368 g/mol. The van der Waals surface area contributed by atoms with Crippen LogP contribution < -0.4 is 18.9 Å². The minimum atomic E-state index is 0.362. The number of nitroso groups, excluding NO2 is 1. The van der Waals surface area contributed by atoms with Crippen LogP contribution >= 0.6 is 11.5 Å². The summed E-state index contributed by atoms with van der Waals surface area (Å²) in [5.74, 6) is 1.92. The Bertz CT molecular complexity index is 953. The van der Waals surface area contributed by atoms with Gasteiger partial charge in [0.15, 0.2) is 11.5 Å². The minimum absolute atomic E-state index is 0.362. The summed E-state index contributed by atoms with van der Waals surface area (Å²) in [5, 5.41) is 4.85. The van der Waals surface area contributed by atoms with Crippen LogP contribution in [0.1, 0.15) is 0 Å². The van der Waals surface area contributed by atoms with E-state index in [1.54, 1.807) is 52.7 Å². The molecule has 0 saturated heterocycles. The molecule has 7 nitrogen and oxygen atoms in total. The zero-order valence-corrected chi connectivity index (χ0v) is 16.1. The van der Waals surface area contributed by atoms with E-state index < -0.39 is 0 Å². The topological polar surface area (TPSA) is 79.2 Å². The van der Waals surface area contributed by atoms with Crippen LogP contribution in [0.4, 0.5) is 5.69 Å². The average Bonchev–Trinajstić information content (AvgIpc) is 3.21. The van der Waals surface area contributed by atoms with E-state index in [2.05, 4.69) is 9.55 Å². The molecule has 0 bridgehead atoms. The van der Waals surface area contributed by atoms with E-state index in [9.17, 15) is 4.91 Å². The van der Waals surface area contributed by atoms with Crippen molar-refractivity contribution >= 4 is 17.2 Å². The molecule has 0 N–H and O–H groups in total. The van der Waals surface area contributed by atoms with Crippen LogP contribution in [-0.4, -0.2) is 32.8 Å². The van der Waals surface area contributed by atoms with Gasteiger partial charge in [-0.05, 0) is 34.9 Å². The van der Waals surface area contributed by atoms with Gasteiger partial charge in [0.1, 0.15) is 5.69 Å². The molecule has 0 aliphatic heterocycles. The number of ether oxygens (including phenoxy) is 4. The smallest absolute Gasteiger partial charge is 0.207 e. The number of methoxy groups -OCH3 is 4. The normalized spacial score (nSPS) is 10.4. The van der Waals surface area contributed by atoms with Crippen molar-refractivity contribution in [3.05, 3.63) is 40.6 Å². The van der Waals surface area contributed by atoms with E-state index in [1.165, 1.54) is 11.5 Å². The van der Waals surface area contributed by atoms with E-state index in [1.807, 2.05) is 11.4 Å². The second kappa shape index (κ2) is 8.05. The molecule has 8 heteroatoms. The fourth-order valence-electron chi connectivity index (χ4n) is 2.85. The number of hydrogen-bond donors (Lipinski definition) is 0. The van der Waals surface area contributed by atoms with Gasteiger partial charge in [0.25, 0.3) is 0 Å². The standard InChI is InChI=1S/C19H18N2O5S/c1-23-15-9-13(17(24-2)19(26-4)18(15)25-3)14-10-27-21-16(14)11-5-7-12(20-22)8-6-11/h5-10H,1-4H3. The summed E-state index contributed by atoms with van der Waals surface area (Å²) in [6, 6.07) is 8.74. The van der Waals surface area contributed by atoms with Gasteiger partial charge in [-0.3, -0.25) is 0 Å². The van der Waals surface area contributed by atoms with Gasteiger partial charge in [-0.2, -0.15) is 4.37 Å². The van der Waals surface area contributed by atoms with Crippen LogP contribution in [0.5, 0.6) is 23.0 Å². The van der Waals surface area contributed by atoms with Crippen LogP contribution in [0.3, 0.4) is 0 Å². The van der Waals surface area contributed by atoms with Gasteiger partial charge < -0.3 is 18.9 Å². The summed E-state index contributed by atoms with van der Waals surface area (Å²) in [4.78, 5) is 10.7. The first kappa shape index (κ1) is 18.7. The molecule has 3 aromatic rings. The van der Waals surface area contributed by atoms with Crippen molar-refractivity contribution in [2.75, 3.05) is 28.4 Å². The van der Waals surface area contributed by atoms with E-state index >= 15 is 0 Å². The Morgan fingerprint density at radius 1 is 0.852 bits per heavy atom. The fourth-order valence-corrected chi connectivity index (χ4v) is 3.55. The fraction of sp³-hybridized carbons (Fsp3) is 0.211. The molecule has 0 aliphatic carbocycles. The molecular formula is C19H18N2O5S. The molecule has 0 unspecified atom stereocenters. The number of aromatic nitrogens is 1. The van der Waals surface area contributed by atoms with Gasteiger partial charge in [-0.15, -0.1) is 4.91 Å². The molecule has 0 atom stereocenters. The molecule has 0 spiro atoms. The van der Waals surface area contributed by atoms with Crippen LogP contribution in [0.15, 0.2) is 40.9 Å². The minimum Gasteiger partial charge on any atom is -0.493 e. The molecule has 0 radical (unpaired) electrons. The first-order valence-electron chi connectivity index (χ1n) is 7.93. The third kappa shape index (κ3) is 3.31. The van der Waals surface area contributed by atoms with Gasteiger partial charge >= 0.3 is 0 Å². The second-order valence-electron chi connectivity index (χ2n) is 5.44. The van der Waals surface area contributed by atoms with Crippen LogP contribution in [0.25, 0.3) is 22.4 Å². The lowest BCUT2D eigenvalue weighted by molar-refractivity contribution is 0.306. The highest BCUT2D eigenvalue weighted by atomic mass is 32.1. The number of nitrogens with zero attached hydrogens (tertiary/aromatic N) is 2. The third-order valence-corrected chi connectivity index (χ3v) is 4.72. The molecule has 0 fully saturated rings. The number of hydrogen-bond acceptors (Lipinski definition) is 8. The third-order valence-electron chi connectivity index (χ3n) is 4.09. The van der Waals surface area contributed by atoms with E-state index in [0.29, 0.717) is 28.7 Å². The Labute approximate surface area is 160 Å². The Kier molecular flexibility index (Phi) is 5.56. The quantitative estimate of drug-likeness (QED) is 0.537. The summed E-state index contributed by atoms with van der Waals surface area (Å²) in [7, 11) is 6.21. The van der Waals surface area contributed by atoms with Crippen molar-refractivity contribution < 1.29 is 18.9 Å². The highest BCUT2D eigenvalue weighted by molar-refractivity contribution is 7.04. The number of benzene rings is 2. The zero-order valence-electron chi connectivity index (χ0n) is 15.3. The molecule has 3 rings (SSSR count). The molecule has 0 amide bonds. The Balaban J connectivity index is 2.23. The molecule has 1 aromatic heterocycles. The van der Waals surface area contributed by atoms with Crippen molar-refractivity contribution in [1.29, 1.82) is 0 Å². The van der Waals surface area contributed by atoms with Crippen LogP contribution in [-0.2, 0) is 0 Å². The average molecular weight is 386 g/mol. The van der Waals surface area contributed by atoms with Crippen LogP contribution in [0, 0.1) is 4.91 Å². The summed E-state index contributed by atoms with van der Waals surface area (Å²) >= 11 is 1.32. The molecule has 27 heavy (non-hydrogen) atoms. The number of rotatable bonds is 7. The Morgan fingerprint density at radius 3 is 2.07 bits per heavy atom. The second-order valence-corrected chi connectivity index (χ2v) is 6.07. The van der Waals surface area contributed by atoms with Gasteiger partial charge in [-0.25, -0.2) is 0 Å². The summed E-state index contributed by atoms with van der Waals surface area (Å²) in [6.07, 6.45) is 0. The maximum Gasteiger partial charge on any atom is 0.207 e. The monoisotopic (exact) mass is 386 g/mol. The summed E-state index contributed by atoms with van der Waals surface area (Å²) < 4.78 is 26.6. The lowest BCUT2D eigenvalue weighted by Gasteiger charge is -2.18. The summed E-state index contributed by atoms with van der Waals surface area (Å²) in [6.45, 7) is 0. The van der Waals surface area contributed by atoms with Crippen LogP contribution in [0.2, 0.25) is 0 Å². The molecule has 0 saturated carbocycles. The molecule has 140 valence electrons. The SMILES string of the molecule is COc1cc(-c2csnc2-c2ccc(N=O)cc2)c(OC)c(OC)c1OC. The van der Waals surface area contributed by atoms with Gasteiger partial charge in [-0.1, -0.05) is 12.1 Å².